The van der Waals surface area contributed by atoms with Crippen molar-refractivity contribution in [3.05, 3.63) is 35.9 Å². The number of hydrogen-bond donors (Lipinski definition) is 1. The molecule has 4 heteroatoms. The molecule has 0 spiro atoms. The van der Waals surface area contributed by atoms with Crippen molar-refractivity contribution in [3.8, 4) is 0 Å². The first-order chi connectivity index (χ1) is 7.99. The molecule has 1 unspecified atom stereocenters. The summed E-state index contributed by atoms with van der Waals surface area (Å²) in [5.41, 5.74) is 7.19. The lowest BCUT2D eigenvalue weighted by Crippen LogP contribution is -2.10. The second-order valence-electron chi connectivity index (χ2n) is 4.50. The van der Waals surface area contributed by atoms with Crippen LogP contribution in [-0.2, 0) is 9.84 Å². The van der Waals surface area contributed by atoms with Gasteiger partial charge in [-0.25, -0.2) is 8.42 Å². The van der Waals surface area contributed by atoms with E-state index in [9.17, 15) is 8.42 Å². The van der Waals surface area contributed by atoms with Gasteiger partial charge in [-0.05, 0) is 18.4 Å². The van der Waals surface area contributed by atoms with Crippen LogP contribution < -0.4 is 5.73 Å². The molecule has 2 N–H and O–H groups in total. The molecule has 0 saturated heterocycles. The second kappa shape index (κ2) is 6.77. The first kappa shape index (κ1) is 14.2. The molecule has 1 aromatic rings. The summed E-state index contributed by atoms with van der Waals surface area (Å²) in [5, 5.41) is 0. The van der Waals surface area contributed by atoms with E-state index in [1.54, 1.807) is 0 Å². The summed E-state index contributed by atoms with van der Waals surface area (Å²) >= 11 is 0. The Labute approximate surface area is 104 Å². The van der Waals surface area contributed by atoms with Gasteiger partial charge in [-0.1, -0.05) is 43.2 Å². The topological polar surface area (TPSA) is 60.2 Å². The van der Waals surface area contributed by atoms with Gasteiger partial charge in [-0.15, -0.1) is 0 Å². The molecule has 0 heterocycles. The Morgan fingerprint density at radius 3 is 2.35 bits per heavy atom. The van der Waals surface area contributed by atoms with Crippen molar-refractivity contribution in [2.24, 2.45) is 5.73 Å². The largest absolute Gasteiger partial charge is 0.324 e. The molecule has 0 saturated carbocycles. The van der Waals surface area contributed by atoms with Crippen LogP contribution in [0.4, 0.5) is 0 Å². The van der Waals surface area contributed by atoms with Crippen molar-refractivity contribution in [1.82, 2.24) is 0 Å². The summed E-state index contributed by atoms with van der Waals surface area (Å²) in [6.45, 7) is 0. The standard InChI is InChI=1S/C13H21NO2S/c1-17(15,16)11-7-3-6-10-13(14)12-8-4-2-5-9-12/h2,4-5,8-9,13H,3,6-7,10-11,14H2,1H3. The third kappa shape index (κ3) is 6.44. The highest BCUT2D eigenvalue weighted by Gasteiger charge is 2.05. The van der Waals surface area contributed by atoms with E-state index in [0.29, 0.717) is 0 Å². The van der Waals surface area contributed by atoms with E-state index in [-0.39, 0.29) is 11.8 Å². The predicted molar refractivity (Wildman–Crippen MR) is 71.5 cm³/mol. The molecule has 0 aliphatic heterocycles. The van der Waals surface area contributed by atoms with Crippen LogP contribution in [-0.4, -0.2) is 20.4 Å². The molecule has 0 aromatic heterocycles. The highest BCUT2D eigenvalue weighted by molar-refractivity contribution is 7.90. The first-order valence-corrected chi connectivity index (χ1v) is 8.03. The summed E-state index contributed by atoms with van der Waals surface area (Å²) < 4.78 is 21.9. The van der Waals surface area contributed by atoms with E-state index in [1.165, 1.54) is 6.26 Å². The summed E-state index contributed by atoms with van der Waals surface area (Å²) in [4.78, 5) is 0. The molecule has 0 radical (unpaired) electrons. The Morgan fingerprint density at radius 2 is 1.76 bits per heavy atom. The quantitative estimate of drug-likeness (QED) is 0.760. The highest BCUT2D eigenvalue weighted by atomic mass is 32.2. The zero-order valence-electron chi connectivity index (χ0n) is 10.3. The van der Waals surface area contributed by atoms with Crippen LogP contribution in [0.5, 0.6) is 0 Å². The maximum atomic E-state index is 10.9. The van der Waals surface area contributed by atoms with Gasteiger partial charge >= 0.3 is 0 Å². The van der Waals surface area contributed by atoms with Gasteiger partial charge in [0.2, 0.25) is 0 Å². The molecular weight excluding hydrogens is 234 g/mol. The van der Waals surface area contributed by atoms with E-state index in [2.05, 4.69) is 0 Å². The van der Waals surface area contributed by atoms with Gasteiger partial charge in [0, 0.05) is 18.1 Å². The third-order valence-corrected chi connectivity index (χ3v) is 3.79. The van der Waals surface area contributed by atoms with Crippen molar-refractivity contribution in [1.29, 1.82) is 0 Å². The Morgan fingerprint density at radius 1 is 1.12 bits per heavy atom. The van der Waals surface area contributed by atoms with Crippen LogP contribution in [0.25, 0.3) is 0 Å². The molecule has 1 aromatic carbocycles. The van der Waals surface area contributed by atoms with Gasteiger partial charge in [0.05, 0.1) is 0 Å². The minimum atomic E-state index is -2.81. The smallest absolute Gasteiger partial charge is 0.147 e. The van der Waals surface area contributed by atoms with Crippen molar-refractivity contribution < 1.29 is 8.42 Å². The normalized spacial score (nSPS) is 13.5. The van der Waals surface area contributed by atoms with Gasteiger partial charge in [-0.2, -0.15) is 0 Å². The van der Waals surface area contributed by atoms with Gasteiger partial charge in [0.15, 0.2) is 0 Å². The minimum Gasteiger partial charge on any atom is -0.324 e. The molecule has 96 valence electrons. The molecular formula is C13H21NO2S. The molecule has 17 heavy (non-hydrogen) atoms. The number of rotatable bonds is 7. The first-order valence-electron chi connectivity index (χ1n) is 5.97. The SMILES string of the molecule is CS(=O)(=O)CCCCCC(N)c1ccccc1. The number of hydrogen-bond acceptors (Lipinski definition) is 3. The predicted octanol–water partition coefficient (Wildman–Crippen LogP) is 2.29. The fourth-order valence-electron chi connectivity index (χ4n) is 1.77. The molecule has 0 aliphatic carbocycles. The van der Waals surface area contributed by atoms with E-state index < -0.39 is 9.84 Å². The summed E-state index contributed by atoms with van der Waals surface area (Å²) in [7, 11) is -2.81. The van der Waals surface area contributed by atoms with Crippen LogP contribution in [0.2, 0.25) is 0 Å². The zero-order valence-corrected chi connectivity index (χ0v) is 11.1. The van der Waals surface area contributed by atoms with E-state index >= 15 is 0 Å². The van der Waals surface area contributed by atoms with Gasteiger partial charge in [0.25, 0.3) is 0 Å². The monoisotopic (exact) mass is 255 g/mol. The number of benzene rings is 1. The lowest BCUT2D eigenvalue weighted by Gasteiger charge is -2.11. The van der Waals surface area contributed by atoms with Gasteiger partial charge in [0.1, 0.15) is 9.84 Å². The summed E-state index contributed by atoms with van der Waals surface area (Å²) in [6, 6.07) is 10.1. The average Bonchev–Trinajstić information content (AvgIpc) is 2.28. The van der Waals surface area contributed by atoms with Crippen LogP contribution in [0, 0.1) is 0 Å². The minimum absolute atomic E-state index is 0.0643. The third-order valence-electron chi connectivity index (χ3n) is 2.76. The second-order valence-corrected chi connectivity index (χ2v) is 6.76. The van der Waals surface area contributed by atoms with Crippen molar-refractivity contribution in [2.75, 3.05) is 12.0 Å². The van der Waals surface area contributed by atoms with Crippen LogP contribution in [0.15, 0.2) is 30.3 Å². The molecule has 0 aliphatic rings. The van der Waals surface area contributed by atoms with Gasteiger partial charge in [-0.3, -0.25) is 0 Å². The molecule has 0 bridgehead atoms. The maximum Gasteiger partial charge on any atom is 0.147 e. The Hall–Kier alpha value is -0.870. The average molecular weight is 255 g/mol. The zero-order chi connectivity index (χ0) is 12.7. The van der Waals surface area contributed by atoms with Crippen molar-refractivity contribution in [2.45, 2.75) is 31.7 Å². The van der Waals surface area contributed by atoms with Crippen molar-refractivity contribution in [3.63, 3.8) is 0 Å². The fourth-order valence-corrected chi connectivity index (χ4v) is 2.50. The summed E-state index contributed by atoms with van der Waals surface area (Å²) in [5.74, 6) is 0.285. The molecule has 1 rings (SSSR count). The maximum absolute atomic E-state index is 10.9. The lowest BCUT2D eigenvalue weighted by molar-refractivity contribution is 0.571. The van der Waals surface area contributed by atoms with E-state index in [1.807, 2.05) is 30.3 Å². The van der Waals surface area contributed by atoms with Gasteiger partial charge < -0.3 is 5.73 Å². The van der Waals surface area contributed by atoms with Crippen molar-refractivity contribution >= 4 is 9.84 Å². The Balaban J connectivity index is 2.19. The number of sulfone groups is 1. The molecule has 0 fully saturated rings. The highest BCUT2D eigenvalue weighted by Crippen LogP contribution is 2.16. The number of unbranched alkanes of at least 4 members (excludes halogenated alkanes) is 2. The summed E-state index contributed by atoms with van der Waals surface area (Å²) in [6.07, 6.45) is 4.83. The molecule has 3 nitrogen and oxygen atoms in total. The molecule has 0 amide bonds. The van der Waals surface area contributed by atoms with E-state index in [0.717, 1.165) is 31.2 Å². The van der Waals surface area contributed by atoms with Crippen LogP contribution in [0.1, 0.15) is 37.3 Å². The van der Waals surface area contributed by atoms with Crippen LogP contribution >= 0.6 is 0 Å². The van der Waals surface area contributed by atoms with Crippen LogP contribution in [0.3, 0.4) is 0 Å². The fraction of sp³-hybridized carbons (Fsp3) is 0.538. The Kier molecular flexibility index (Phi) is 5.65. The number of nitrogens with two attached hydrogens (primary N) is 1. The van der Waals surface area contributed by atoms with E-state index in [4.69, 9.17) is 5.73 Å². The lowest BCUT2D eigenvalue weighted by atomic mass is 10.0. The Bertz CT molecular complexity index is 414. The molecule has 1 atom stereocenters.